The summed E-state index contributed by atoms with van der Waals surface area (Å²) >= 11 is 1.92. The van der Waals surface area contributed by atoms with Gasteiger partial charge in [-0.3, -0.25) is 0 Å². The number of hydrogen-bond acceptors (Lipinski definition) is 1. The lowest BCUT2D eigenvalue weighted by Gasteiger charge is -1.97. The molecule has 0 fully saturated rings. The molecule has 0 aliphatic rings. The van der Waals surface area contributed by atoms with Crippen molar-refractivity contribution in [3.8, 4) is 10.4 Å². The van der Waals surface area contributed by atoms with Gasteiger partial charge in [0.15, 0.2) is 0 Å². The highest BCUT2D eigenvalue weighted by Crippen LogP contribution is 2.28. The van der Waals surface area contributed by atoms with Crippen LogP contribution in [0.1, 0.15) is 23.8 Å². The first kappa shape index (κ1) is 10.4. The van der Waals surface area contributed by atoms with Crippen LogP contribution in [0.25, 0.3) is 10.4 Å². The van der Waals surface area contributed by atoms with E-state index in [1.54, 1.807) is 0 Å². The minimum absolute atomic E-state index is 1.20. The van der Waals surface area contributed by atoms with E-state index in [4.69, 9.17) is 0 Å². The fraction of sp³-hybridized carbons (Fsp3) is 0.286. The fourth-order valence-corrected chi connectivity index (χ4v) is 2.75. The molecule has 0 nitrogen and oxygen atoms in total. The summed E-state index contributed by atoms with van der Waals surface area (Å²) in [5.41, 5.74) is 2.66. The lowest BCUT2D eigenvalue weighted by atomic mass is 10.1. The first-order chi connectivity index (χ1) is 7.29. The standard InChI is InChI=1S/C14H16S/c1-3-4-13-9-10-14(15-13)12-7-5-11(2)6-8-12/h5-10H,3-4H2,1-2H3. The van der Waals surface area contributed by atoms with E-state index in [0.29, 0.717) is 0 Å². The van der Waals surface area contributed by atoms with Crippen LogP contribution in [0.4, 0.5) is 0 Å². The monoisotopic (exact) mass is 216 g/mol. The van der Waals surface area contributed by atoms with Crippen LogP contribution in [0.15, 0.2) is 36.4 Å². The van der Waals surface area contributed by atoms with Gasteiger partial charge in [0.2, 0.25) is 0 Å². The van der Waals surface area contributed by atoms with Gasteiger partial charge in [-0.05, 0) is 31.0 Å². The molecule has 0 radical (unpaired) electrons. The molecule has 2 aromatic rings. The van der Waals surface area contributed by atoms with Crippen molar-refractivity contribution in [3.05, 3.63) is 46.8 Å². The first-order valence-corrected chi connectivity index (χ1v) is 6.27. The Morgan fingerprint density at radius 2 is 1.73 bits per heavy atom. The first-order valence-electron chi connectivity index (χ1n) is 5.45. The van der Waals surface area contributed by atoms with Gasteiger partial charge in [0.1, 0.15) is 0 Å². The molecule has 0 unspecified atom stereocenters. The van der Waals surface area contributed by atoms with E-state index >= 15 is 0 Å². The van der Waals surface area contributed by atoms with Crippen LogP contribution in [0.2, 0.25) is 0 Å². The maximum Gasteiger partial charge on any atom is 0.0345 e. The van der Waals surface area contributed by atoms with E-state index in [1.165, 1.54) is 33.7 Å². The van der Waals surface area contributed by atoms with Gasteiger partial charge >= 0.3 is 0 Å². The molecule has 0 aliphatic heterocycles. The third-order valence-corrected chi connectivity index (χ3v) is 3.69. The zero-order valence-electron chi connectivity index (χ0n) is 9.29. The Balaban J connectivity index is 2.25. The molecule has 1 aromatic carbocycles. The van der Waals surface area contributed by atoms with Crippen molar-refractivity contribution >= 4 is 11.3 Å². The Hall–Kier alpha value is -1.08. The zero-order valence-corrected chi connectivity index (χ0v) is 10.1. The SMILES string of the molecule is CCCc1ccc(-c2ccc(C)cc2)s1. The van der Waals surface area contributed by atoms with Gasteiger partial charge in [0, 0.05) is 9.75 Å². The maximum atomic E-state index is 2.25. The smallest absolute Gasteiger partial charge is 0.0345 e. The van der Waals surface area contributed by atoms with Gasteiger partial charge in [0.25, 0.3) is 0 Å². The normalized spacial score (nSPS) is 10.5. The van der Waals surface area contributed by atoms with Crippen molar-refractivity contribution in [1.29, 1.82) is 0 Å². The van der Waals surface area contributed by atoms with Crippen molar-refractivity contribution in [2.45, 2.75) is 26.7 Å². The average Bonchev–Trinajstić information content (AvgIpc) is 2.68. The van der Waals surface area contributed by atoms with E-state index in [2.05, 4.69) is 50.2 Å². The molecule has 0 atom stereocenters. The van der Waals surface area contributed by atoms with E-state index in [1.807, 2.05) is 11.3 Å². The summed E-state index contributed by atoms with van der Waals surface area (Å²) in [4.78, 5) is 2.88. The van der Waals surface area contributed by atoms with Crippen LogP contribution in [0.5, 0.6) is 0 Å². The summed E-state index contributed by atoms with van der Waals surface area (Å²) in [7, 11) is 0. The molecule has 15 heavy (non-hydrogen) atoms. The second-order valence-electron chi connectivity index (χ2n) is 3.88. The van der Waals surface area contributed by atoms with Crippen molar-refractivity contribution in [2.75, 3.05) is 0 Å². The Labute approximate surface area is 95.6 Å². The quantitative estimate of drug-likeness (QED) is 0.699. The van der Waals surface area contributed by atoms with Gasteiger partial charge in [0.05, 0.1) is 0 Å². The Morgan fingerprint density at radius 1 is 1.00 bits per heavy atom. The highest BCUT2D eigenvalue weighted by Gasteiger charge is 2.01. The minimum atomic E-state index is 1.20. The van der Waals surface area contributed by atoms with Crippen molar-refractivity contribution in [3.63, 3.8) is 0 Å². The zero-order chi connectivity index (χ0) is 10.7. The summed E-state index contributed by atoms with van der Waals surface area (Å²) in [6.07, 6.45) is 2.43. The fourth-order valence-electron chi connectivity index (χ4n) is 1.63. The van der Waals surface area contributed by atoms with Crippen molar-refractivity contribution in [2.24, 2.45) is 0 Å². The highest BCUT2D eigenvalue weighted by molar-refractivity contribution is 7.15. The van der Waals surface area contributed by atoms with Gasteiger partial charge in [-0.25, -0.2) is 0 Å². The van der Waals surface area contributed by atoms with Crippen molar-refractivity contribution < 1.29 is 0 Å². The molecule has 2 rings (SSSR count). The summed E-state index contributed by atoms with van der Waals surface area (Å²) in [6.45, 7) is 4.35. The van der Waals surface area contributed by atoms with Gasteiger partial charge in [-0.15, -0.1) is 11.3 Å². The molecule has 0 saturated heterocycles. The van der Waals surface area contributed by atoms with Crippen LogP contribution in [-0.2, 0) is 6.42 Å². The van der Waals surface area contributed by atoms with Crippen LogP contribution >= 0.6 is 11.3 Å². The summed E-state index contributed by atoms with van der Waals surface area (Å²) in [6, 6.07) is 13.3. The predicted molar refractivity (Wildman–Crippen MR) is 68.5 cm³/mol. The number of benzene rings is 1. The van der Waals surface area contributed by atoms with Crippen molar-refractivity contribution in [1.82, 2.24) is 0 Å². The molecule has 0 aliphatic carbocycles. The predicted octanol–water partition coefficient (Wildman–Crippen LogP) is 4.68. The average molecular weight is 216 g/mol. The number of thiophene rings is 1. The molecule has 78 valence electrons. The lowest BCUT2D eigenvalue weighted by Crippen LogP contribution is -1.73. The third kappa shape index (κ3) is 2.48. The van der Waals surface area contributed by atoms with E-state index in [-0.39, 0.29) is 0 Å². The highest BCUT2D eigenvalue weighted by atomic mass is 32.1. The lowest BCUT2D eigenvalue weighted by molar-refractivity contribution is 0.940. The van der Waals surface area contributed by atoms with Crippen LogP contribution in [-0.4, -0.2) is 0 Å². The molecule has 1 heteroatoms. The Kier molecular flexibility index (Phi) is 3.22. The second-order valence-corrected chi connectivity index (χ2v) is 5.05. The number of hydrogen-bond donors (Lipinski definition) is 0. The Morgan fingerprint density at radius 3 is 2.40 bits per heavy atom. The van der Waals surface area contributed by atoms with Gasteiger partial charge in [-0.1, -0.05) is 43.2 Å². The second kappa shape index (κ2) is 4.63. The molecule has 0 spiro atoms. The third-order valence-electron chi connectivity index (χ3n) is 2.49. The maximum absolute atomic E-state index is 2.25. The largest absolute Gasteiger partial charge is 0.140 e. The number of aryl methyl sites for hydroxylation is 2. The van der Waals surface area contributed by atoms with E-state index in [0.717, 1.165) is 0 Å². The minimum Gasteiger partial charge on any atom is -0.140 e. The molecule has 0 saturated carbocycles. The molecule has 1 heterocycles. The summed E-state index contributed by atoms with van der Waals surface area (Å²) < 4.78 is 0. The molecule has 0 amide bonds. The molecule has 0 N–H and O–H groups in total. The van der Waals surface area contributed by atoms with E-state index < -0.39 is 0 Å². The van der Waals surface area contributed by atoms with Gasteiger partial charge < -0.3 is 0 Å². The number of rotatable bonds is 3. The Bertz CT molecular complexity index is 423. The molecular weight excluding hydrogens is 200 g/mol. The van der Waals surface area contributed by atoms with Crippen LogP contribution in [0, 0.1) is 6.92 Å². The van der Waals surface area contributed by atoms with E-state index in [9.17, 15) is 0 Å². The molecule has 0 bridgehead atoms. The summed E-state index contributed by atoms with van der Waals surface area (Å²) in [5, 5.41) is 0. The molecule has 1 aromatic heterocycles. The van der Waals surface area contributed by atoms with Crippen LogP contribution < -0.4 is 0 Å². The topological polar surface area (TPSA) is 0 Å². The summed E-state index contributed by atoms with van der Waals surface area (Å²) in [5.74, 6) is 0. The molecular formula is C14H16S. The van der Waals surface area contributed by atoms with Gasteiger partial charge in [-0.2, -0.15) is 0 Å². The van der Waals surface area contributed by atoms with Crippen LogP contribution in [0.3, 0.4) is 0 Å².